The summed E-state index contributed by atoms with van der Waals surface area (Å²) < 4.78 is 29.2. The summed E-state index contributed by atoms with van der Waals surface area (Å²) >= 11 is 0. The predicted molar refractivity (Wildman–Crippen MR) is 136 cm³/mol. The van der Waals surface area contributed by atoms with E-state index in [-0.39, 0.29) is 17.0 Å². The monoisotopic (exact) mass is 450 g/mol. The normalized spacial score (nSPS) is 13.6. The van der Waals surface area contributed by atoms with E-state index in [0.717, 1.165) is 48.7 Å². The first-order valence-corrected chi connectivity index (χ1v) is 12.9. The Morgan fingerprint density at radius 3 is 2.34 bits per heavy atom. The fraction of sp³-hybridized carbons (Fsp3) is 0.333. The molecular weight excluding hydrogens is 416 g/mol. The van der Waals surface area contributed by atoms with Crippen LogP contribution in [0, 0.1) is 6.92 Å². The van der Waals surface area contributed by atoms with E-state index in [9.17, 15) is 8.42 Å². The van der Waals surface area contributed by atoms with Crippen LogP contribution in [0.1, 0.15) is 44.6 Å². The Morgan fingerprint density at radius 1 is 0.938 bits per heavy atom. The maximum atomic E-state index is 13.1. The van der Waals surface area contributed by atoms with Gasteiger partial charge in [-0.25, -0.2) is 13.1 Å². The van der Waals surface area contributed by atoms with Crippen LogP contribution in [0.3, 0.4) is 0 Å². The van der Waals surface area contributed by atoms with Gasteiger partial charge in [0.15, 0.2) is 0 Å². The van der Waals surface area contributed by atoms with E-state index in [0.29, 0.717) is 0 Å². The Labute approximate surface area is 192 Å². The van der Waals surface area contributed by atoms with Crippen molar-refractivity contribution in [3.8, 4) is 0 Å². The average molecular weight is 451 g/mol. The lowest BCUT2D eigenvalue weighted by atomic mass is 10.0. The predicted octanol–water partition coefficient (Wildman–Crippen LogP) is 6.43. The molecule has 0 aliphatic heterocycles. The number of hydrogen-bond donors (Lipinski definition) is 2. The van der Waals surface area contributed by atoms with Gasteiger partial charge in [-0.15, -0.1) is 6.58 Å². The van der Waals surface area contributed by atoms with Crippen molar-refractivity contribution < 1.29 is 8.42 Å². The number of rotatable bonds is 12. The number of nitrogens with one attached hydrogen (secondary N) is 2. The van der Waals surface area contributed by atoms with Gasteiger partial charge >= 0.3 is 0 Å². The van der Waals surface area contributed by atoms with Gasteiger partial charge in [0.1, 0.15) is 0 Å². The number of sulfonamides is 1. The standard InChI is InChI=1S/C27H34N2O2S/c1-4-6-7-8-13-27(29-32(30,31)25-18-14-21(3)15-19-25)26(5-2)28-24-17-16-22-11-9-10-12-23(22)20-24/h5,9-12,14-20,26-29H,2,4,6-8,13H2,1,3H3/t26-,27-/m1/s1. The number of fused-ring (bicyclic) bond motifs is 1. The van der Waals surface area contributed by atoms with Crippen LogP contribution in [0.2, 0.25) is 0 Å². The number of aryl methyl sites for hydroxylation is 1. The van der Waals surface area contributed by atoms with Gasteiger partial charge in [0.25, 0.3) is 0 Å². The molecule has 32 heavy (non-hydrogen) atoms. The molecule has 0 aliphatic rings. The SMILES string of the molecule is C=C[C@@H](Nc1ccc2ccccc2c1)[C@@H](CCCCCC)NS(=O)(=O)c1ccc(C)cc1. The van der Waals surface area contributed by atoms with Crippen molar-refractivity contribution in [1.82, 2.24) is 4.72 Å². The van der Waals surface area contributed by atoms with E-state index in [1.54, 1.807) is 18.2 Å². The van der Waals surface area contributed by atoms with E-state index in [1.165, 1.54) is 5.39 Å². The Morgan fingerprint density at radius 2 is 1.66 bits per heavy atom. The molecule has 0 aliphatic carbocycles. The molecule has 0 heterocycles. The topological polar surface area (TPSA) is 58.2 Å². The molecule has 3 aromatic carbocycles. The lowest BCUT2D eigenvalue weighted by molar-refractivity contribution is 0.482. The first-order valence-electron chi connectivity index (χ1n) is 11.4. The third-order valence-corrected chi connectivity index (χ3v) is 7.28. The summed E-state index contributed by atoms with van der Waals surface area (Å²) in [5.41, 5.74) is 1.98. The molecule has 3 aromatic rings. The Balaban J connectivity index is 1.82. The van der Waals surface area contributed by atoms with Gasteiger partial charge in [-0.1, -0.05) is 86.7 Å². The second kappa shape index (κ2) is 11.3. The van der Waals surface area contributed by atoms with Crippen molar-refractivity contribution >= 4 is 26.5 Å². The average Bonchev–Trinajstić information content (AvgIpc) is 2.79. The van der Waals surface area contributed by atoms with Crippen molar-refractivity contribution in [2.75, 3.05) is 5.32 Å². The molecule has 0 unspecified atom stereocenters. The molecule has 0 saturated heterocycles. The molecular formula is C27H34N2O2S. The highest BCUT2D eigenvalue weighted by molar-refractivity contribution is 7.89. The minimum absolute atomic E-state index is 0.238. The second-order valence-electron chi connectivity index (χ2n) is 8.36. The van der Waals surface area contributed by atoms with Gasteiger partial charge < -0.3 is 5.32 Å². The summed E-state index contributed by atoms with van der Waals surface area (Å²) in [5, 5.41) is 5.81. The van der Waals surface area contributed by atoms with Crippen molar-refractivity contribution in [2.24, 2.45) is 0 Å². The van der Waals surface area contributed by atoms with Crippen LogP contribution in [0.15, 0.2) is 84.3 Å². The molecule has 0 bridgehead atoms. The van der Waals surface area contributed by atoms with Crippen LogP contribution < -0.4 is 10.0 Å². The summed E-state index contributed by atoms with van der Waals surface area (Å²) in [7, 11) is -3.64. The smallest absolute Gasteiger partial charge is 0.240 e. The number of unbranched alkanes of at least 4 members (excludes halogenated alkanes) is 3. The molecule has 5 heteroatoms. The van der Waals surface area contributed by atoms with E-state index in [2.05, 4.69) is 47.8 Å². The molecule has 0 fully saturated rings. The molecule has 0 saturated carbocycles. The molecule has 3 rings (SSSR count). The summed E-state index contributed by atoms with van der Waals surface area (Å²) in [6.45, 7) is 8.12. The minimum atomic E-state index is -3.64. The minimum Gasteiger partial charge on any atom is -0.377 e. The molecule has 2 N–H and O–H groups in total. The first kappa shape index (κ1) is 24.0. The van der Waals surface area contributed by atoms with Crippen LogP contribution in [-0.2, 0) is 10.0 Å². The number of hydrogen-bond acceptors (Lipinski definition) is 3. The van der Waals surface area contributed by atoms with Crippen LogP contribution in [0.4, 0.5) is 5.69 Å². The first-order chi connectivity index (χ1) is 15.4. The van der Waals surface area contributed by atoms with Crippen LogP contribution in [0.25, 0.3) is 10.8 Å². The maximum Gasteiger partial charge on any atom is 0.240 e. The van der Waals surface area contributed by atoms with Crippen LogP contribution >= 0.6 is 0 Å². The highest BCUT2D eigenvalue weighted by Crippen LogP contribution is 2.22. The molecule has 0 spiro atoms. The number of anilines is 1. The molecule has 0 radical (unpaired) electrons. The van der Waals surface area contributed by atoms with E-state index in [1.807, 2.05) is 37.3 Å². The summed E-state index contributed by atoms with van der Waals surface area (Å²) in [6.07, 6.45) is 6.87. The summed E-state index contributed by atoms with van der Waals surface area (Å²) in [4.78, 5) is 0.287. The zero-order valence-corrected chi connectivity index (χ0v) is 19.9. The van der Waals surface area contributed by atoms with Gasteiger partial charge in [0.05, 0.1) is 10.9 Å². The quantitative estimate of drug-likeness (QED) is 0.247. The van der Waals surface area contributed by atoms with Crippen molar-refractivity contribution in [1.29, 1.82) is 0 Å². The highest BCUT2D eigenvalue weighted by atomic mass is 32.2. The van der Waals surface area contributed by atoms with Crippen molar-refractivity contribution in [3.05, 3.63) is 84.9 Å². The van der Waals surface area contributed by atoms with E-state index in [4.69, 9.17) is 0 Å². The molecule has 0 amide bonds. The molecule has 0 aromatic heterocycles. The van der Waals surface area contributed by atoms with E-state index >= 15 is 0 Å². The third-order valence-electron chi connectivity index (χ3n) is 5.78. The third kappa shape index (κ3) is 6.44. The molecule has 4 nitrogen and oxygen atoms in total. The zero-order valence-electron chi connectivity index (χ0n) is 19.1. The van der Waals surface area contributed by atoms with Gasteiger partial charge in [-0.2, -0.15) is 0 Å². The van der Waals surface area contributed by atoms with Gasteiger partial charge in [0, 0.05) is 11.7 Å². The van der Waals surface area contributed by atoms with Gasteiger partial charge in [-0.05, 0) is 48.4 Å². The largest absolute Gasteiger partial charge is 0.377 e. The highest BCUT2D eigenvalue weighted by Gasteiger charge is 2.25. The van der Waals surface area contributed by atoms with Crippen LogP contribution in [-0.4, -0.2) is 20.5 Å². The van der Waals surface area contributed by atoms with Crippen molar-refractivity contribution in [2.45, 2.75) is 62.9 Å². The van der Waals surface area contributed by atoms with Crippen molar-refractivity contribution in [3.63, 3.8) is 0 Å². The maximum absolute atomic E-state index is 13.1. The molecule has 170 valence electrons. The fourth-order valence-corrected chi connectivity index (χ4v) is 5.18. The zero-order chi connectivity index (χ0) is 23.0. The van der Waals surface area contributed by atoms with Gasteiger partial charge in [0.2, 0.25) is 10.0 Å². The van der Waals surface area contributed by atoms with Crippen LogP contribution in [0.5, 0.6) is 0 Å². The number of benzene rings is 3. The lowest BCUT2D eigenvalue weighted by Crippen LogP contribution is -2.45. The Bertz CT molecular complexity index is 1120. The fourth-order valence-electron chi connectivity index (χ4n) is 3.88. The molecule has 2 atom stereocenters. The second-order valence-corrected chi connectivity index (χ2v) is 10.1. The van der Waals surface area contributed by atoms with Gasteiger partial charge in [-0.3, -0.25) is 0 Å². The summed E-state index contributed by atoms with van der Waals surface area (Å²) in [5.74, 6) is 0. The Kier molecular flexibility index (Phi) is 8.48. The Hall–Kier alpha value is -2.63. The summed E-state index contributed by atoms with van der Waals surface area (Å²) in [6, 6.07) is 20.8. The van der Waals surface area contributed by atoms with E-state index < -0.39 is 10.0 Å². The lowest BCUT2D eigenvalue weighted by Gasteiger charge is -2.27.